The Morgan fingerprint density at radius 3 is 2.21 bits per heavy atom. The summed E-state index contributed by atoms with van der Waals surface area (Å²) >= 11 is 0. The molecular formula is C24H32N6O3. The summed E-state index contributed by atoms with van der Waals surface area (Å²) < 4.78 is 1.93. The number of fused-ring (bicyclic) bond motifs is 1. The van der Waals surface area contributed by atoms with Gasteiger partial charge in [0.2, 0.25) is 0 Å². The quantitative estimate of drug-likeness (QED) is 0.718. The highest BCUT2D eigenvalue weighted by atomic mass is 16.2. The zero-order valence-electron chi connectivity index (χ0n) is 19.8. The molecule has 0 aromatic carbocycles. The Labute approximate surface area is 193 Å². The number of aromatic nitrogens is 3. The van der Waals surface area contributed by atoms with Crippen LogP contribution in [0.4, 0.5) is 0 Å². The molecule has 0 unspecified atom stereocenters. The number of carbonyl (C=O) groups is 3. The van der Waals surface area contributed by atoms with Crippen LogP contribution in [0.5, 0.6) is 0 Å². The Hall–Kier alpha value is -2.97. The lowest BCUT2D eigenvalue weighted by Crippen LogP contribution is -2.54. The maximum atomic E-state index is 13.7. The van der Waals surface area contributed by atoms with E-state index in [4.69, 9.17) is 10.1 Å². The van der Waals surface area contributed by atoms with Gasteiger partial charge in [-0.15, -0.1) is 0 Å². The van der Waals surface area contributed by atoms with Gasteiger partial charge in [-0.1, -0.05) is 0 Å². The first-order valence-electron chi connectivity index (χ1n) is 11.9. The minimum atomic E-state index is -0.535. The zero-order valence-corrected chi connectivity index (χ0v) is 19.8. The van der Waals surface area contributed by atoms with Gasteiger partial charge in [0.1, 0.15) is 0 Å². The Bertz CT molecular complexity index is 1130. The van der Waals surface area contributed by atoms with Crippen LogP contribution in [0.25, 0.3) is 11.0 Å². The SMILES string of the molecule is Cc1nn(C(C)(C)C)c2nc(C3CC3)cc(C(=O)N3CCN(C(=O)C(=O)NC4CC4)CC3)c12. The number of aryl methyl sites for hydroxylation is 1. The highest BCUT2D eigenvalue weighted by Gasteiger charge is 2.34. The number of nitrogens with zero attached hydrogens (tertiary/aromatic N) is 5. The molecule has 3 aliphatic rings. The lowest BCUT2D eigenvalue weighted by molar-refractivity contribution is -0.146. The largest absolute Gasteiger partial charge is 0.345 e. The van der Waals surface area contributed by atoms with Gasteiger partial charge in [0.05, 0.1) is 22.2 Å². The van der Waals surface area contributed by atoms with E-state index in [2.05, 4.69) is 26.1 Å². The van der Waals surface area contributed by atoms with Gasteiger partial charge in [0.15, 0.2) is 5.65 Å². The Balaban J connectivity index is 1.39. The minimum Gasteiger partial charge on any atom is -0.345 e. The Kier molecular flexibility index (Phi) is 5.17. The summed E-state index contributed by atoms with van der Waals surface area (Å²) in [7, 11) is 0. The number of piperazine rings is 1. The third-order valence-corrected chi connectivity index (χ3v) is 6.65. The molecule has 33 heavy (non-hydrogen) atoms. The zero-order chi connectivity index (χ0) is 23.5. The molecule has 9 heteroatoms. The van der Waals surface area contributed by atoms with Gasteiger partial charge >= 0.3 is 11.8 Å². The molecule has 1 N–H and O–H groups in total. The van der Waals surface area contributed by atoms with Crippen molar-refractivity contribution >= 4 is 28.8 Å². The van der Waals surface area contributed by atoms with E-state index in [0.717, 1.165) is 48.1 Å². The molecule has 2 aromatic rings. The molecule has 0 bridgehead atoms. The predicted octanol–water partition coefficient (Wildman–Crippen LogP) is 1.94. The Morgan fingerprint density at radius 2 is 1.64 bits per heavy atom. The monoisotopic (exact) mass is 452 g/mol. The van der Waals surface area contributed by atoms with Crippen LogP contribution in [0.1, 0.15) is 74.1 Å². The first-order chi connectivity index (χ1) is 15.6. The van der Waals surface area contributed by atoms with Crippen LogP contribution in [-0.4, -0.2) is 74.5 Å². The minimum absolute atomic E-state index is 0.0598. The maximum absolute atomic E-state index is 13.7. The van der Waals surface area contributed by atoms with Crippen molar-refractivity contribution < 1.29 is 14.4 Å². The second-order valence-corrected chi connectivity index (χ2v) is 10.6. The third-order valence-electron chi connectivity index (χ3n) is 6.65. The first-order valence-corrected chi connectivity index (χ1v) is 11.9. The molecule has 1 saturated heterocycles. The van der Waals surface area contributed by atoms with Crippen LogP contribution >= 0.6 is 0 Å². The van der Waals surface area contributed by atoms with E-state index in [9.17, 15) is 14.4 Å². The fourth-order valence-corrected chi connectivity index (χ4v) is 4.43. The van der Waals surface area contributed by atoms with Crippen molar-refractivity contribution in [1.29, 1.82) is 0 Å². The summed E-state index contributed by atoms with van der Waals surface area (Å²) in [6, 6.07) is 2.10. The van der Waals surface area contributed by atoms with Crippen molar-refractivity contribution in [2.24, 2.45) is 0 Å². The van der Waals surface area contributed by atoms with Crippen molar-refractivity contribution in [3.05, 3.63) is 23.0 Å². The first kappa shape index (κ1) is 21.9. The summed E-state index contributed by atoms with van der Waals surface area (Å²) in [5.74, 6) is -0.689. The van der Waals surface area contributed by atoms with Crippen molar-refractivity contribution in [2.45, 2.75) is 70.9 Å². The fraction of sp³-hybridized carbons (Fsp3) is 0.625. The molecule has 2 saturated carbocycles. The molecule has 2 aliphatic carbocycles. The van der Waals surface area contributed by atoms with Gasteiger partial charge in [0.25, 0.3) is 5.91 Å². The second kappa shape index (κ2) is 7.81. The second-order valence-electron chi connectivity index (χ2n) is 10.6. The van der Waals surface area contributed by atoms with E-state index >= 15 is 0 Å². The molecule has 3 amide bonds. The number of hydrogen-bond acceptors (Lipinski definition) is 5. The average molecular weight is 453 g/mol. The van der Waals surface area contributed by atoms with Crippen molar-refractivity contribution in [2.75, 3.05) is 26.2 Å². The van der Waals surface area contributed by atoms with Gasteiger partial charge in [-0.3, -0.25) is 14.4 Å². The lowest BCUT2D eigenvalue weighted by Gasteiger charge is -2.34. The number of pyridine rings is 1. The summed E-state index contributed by atoms with van der Waals surface area (Å²) in [5, 5.41) is 8.29. The van der Waals surface area contributed by atoms with Crippen LogP contribution in [0.2, 0.25) is 0 Å². The van der Waals surface area contributed by atoms with Crippen molar-refractivity contribution in [3.63, 3.8) is 0 Å². The van der Waals surface area contributed by atoms with E-state index in [1.165, 1.54) is 0 Å². The van der Waals surface area contributed by atoms with Crippen LogP contribution in [0.3, 0.4) is 0 Å². The summed E-state index contributed by atoms with van der Waals surface area (Å²) in [6.45, 7) is 9.69. The molecule has 5 rings (SSSR count). The standard InChI is InChI=1S/C24H32N6O3/c1-14-19-17(13-18(15-5-6-15)26-20(19)30(27-14)24(2,3)4)22(32)28-9-11-29(12-10-28)23(33)21(31)25-16-7-8-16/h13,15-16H,5-12H2,1-4H3,(H,25,31). The van der Waals surface area contributed by atoms with Crippen LogP contribution < -0.4 is 5.32 Å². The molecule has 176 valence electrons. The predicted molar refractivity (Wildman–Crippen MR) is 123 cm³/mol. The number of hydrogen-bond donors (Lipinski definition) is 1. The summed E-state index contributed by atoms with van der Waals surface area (Å²) in [6.07, 6.45) is 4.07. The van der Waals surface area contributed by atoms with Crippen molar-refractivity contribution in [1.82, 2.24) is 29.9 Å². The normalized spacial score (nSPS) is 19.2. The fourth-order valence-electron chi connectivity index (χ4n) is 4.43. The molecule has 0 spiro atoms. The maximum Gasteiger partial charge on any atom is 0.312 e. The van der Waals surface area contributed by atoms with Crippen LogP contribution in [0.15, 0.2) is 6.07 Å². The molecule has 0 radical (unpaired) electrons. The third kappa shape index (κ3) is 4.20. The number of rotatable bonds is 3. The topological polar surface area (TPSA) is 100 Å². The number of carbonyl (C=O) groups excluding carboxylic acids is 3. The van der Waals surface area contributed by atoms with E-state index in [-0.39, 0.29) is 17.5 Å². The molecule has 3 fully saturated rings. The summed E-state index contributed by atoms with van der Waals surface area (Å²) in [5.41, 5.74) is 2.90. The van der Waals surface area contributed by atoms with E-state index in [1.807, 2.05) is 17.7 Å². The average Bonchev–Trinajstić information content (AvgIpc) is 3.70. The van der Waals surface area contributed by atoms with Gasteiger partial charge in [-0.05, 0) is 59.4 Å². The van der Waals surface area contributed by atoms with Crippen LogP contribution in [-0.2, 0) is 15.1 Å². The molecule has 2 aromatic heterocycles. The van der Waals surface area contributed by atoms with Gasteiger partial charge in [0, 0.05) is 43.8 Å². The van der Waals surface area contributed by atoms with Crippen molar-refractivity contribution in [3.8, 4) is 0 Å². The smallest absolute Gasteiger partial charge is 0.312 e. The summed E-state index contributed by atoms with van der Waals surface area (Å²) in [4.78, 5) is 46.5. The van der Waals surface area contributed by atoms with E-state index in [1.54, 1.807) is 9.80 Å². The van der Waals surface area contributed by atoms with Gasteiger partial charge in [-0.25, -0.2) is 9.67 Å². The lowest BCUT2D eigenvalue weighted by atomic mass is 10.1. The molecular weight excluding hydrogens is 420 g/mol. The highest BCUT2D eigenvalue weighted by Crippen LogP contribution is 2.41. The number of nitrogens with one attached hydrogen (secondary N) is 1. The van der Waals surface area contributed by atoms with E-state index in [0.29, 0.717) is 37.7 Å². The molecule has 3 heterocycles. The Morgan fingerprint density at radius 1 is 1.00 bits per heavy atom. The van der Waals surface area contributed by atoms with Gasteiger partial charge in [-0.2, -0.15) is 5.10 Å². The molecule has 0 atom stereocenters. The molecule has 1 aliphatic heterocycles. The number of amides is 3. The van der Waals surface area contributed by atoms with Crippen LogP contribution in [0, 0.1) is 6.92 Å². The van der Waals surface area contributed by atoms with E-state index < -0.39 is 11.8 Å². The van der Waals surface area contributed by atoms with Gasteiger partial charge < -0.3 is 15.1 Å². The molecule has 9 nitrogen and oxygen atoms in total. The highest BCUT2D eigenvalue weighted by molar-refractivity contribution is 6.35.